The van der Waals surface area contributed by atoms with Gasteiger partial charge in [-0.15, -0.1) is 8.19 Å². The first-order chi connectivity index (χ1) is 7.36. The van der Waals surface area contributed by atoms with E-state index in [0.29, 0.717) is 8.19 Å². The molecule has 1 nitrogen and oxygen atoms in total. The van der Waals surface area contributed by atoms with E-state index in [9.17, 15) is 4.79 Å². The van der Waals surface area contributed by atoms with Gasteiger partial charge in [-0.2, -0.15) is 0 Å². The van der Waals surface area contributed by atoms with E-state index in [-0.39, 0.29) is 5.43 Å². The Morgan fingerprint density at radius 3 is 1.73 bits per heavy atom. The van der Waals surface area contributed by atoms with Gasteiger partial charge in [0, 0.05) is 21.0 Å². The fraction of sp³-hybridized carbons (Fsp3) is 0. The van der Waals surface area contributed by atoms with Crippen molar-refractivity contribution >= 4 is 29.2 Å². The summed E-state index contributed by atoms with van der Waals surface area (Å²) in [6, 6.07) is 15.8. The molecule has 2 heteroatoms. The third-order valence-electron chi connectivity index (χ3n) is 2.61. The Kier molecular flexibility index (Phi) is 1.87. The van der Waals surface area contributed by atoms with Crippen molar-refractivity contribution in [1.29, 1.82) is 0 Å². The molecule has 0 radical (unpaired) electrons. The number of benzene rings is 2. The SMILES string of the molecule is O=c1c2ccccc2[pH]c2ccccc12. The van der Waals surface area contributed by atoms with Crippen LogP contribution in [0, 0.1) is 0 Å². The summed E-state index contributed by atoms with van der Waals surface area (Å²) in [6.45, 7) is 0. The second-order valence-corrected chi connectivity index (χ2v) is 4.87. The van der Waals surface area contributed by atoms with Crippen molar-refractivity contribution in [2.75, 3.05) is 0 Å². The molecule has 0 spiro atoms. The first-order valence-electron chi connectivity index (χ1n) is 4.86. The van der Waals surface area contributed by atoms with Crippen LogP contribution in [-0.2, 0) is 0 Å². The van der Waals surface area contributed by atoms with Gasteiger partial charge in [-0.1, -0.05) is 48.5 Å². The topological polar surface area (TPSA) is 17.1 Å². The normalized spacial score (nSPS) is 10.9. The van der Waals surface area contributed by atoms with Crippen molar-refractivity contribution in [3.05, 3.63) is 58.8 Å². The molecule has 0 unspecified atom stereocenters. The van der Waals surface area contributed by atoms with Crippen LogP contribution in [0.4, 0.5) is 0 Å². The number of hydrogen-bond donors (Lipinski definition) is 0. The van der Waals surface area contributed by atoms with Crippen molar-refractivity contribution in [1.82, 2.24) is 0 Å². The molecule has 2 aromatic carbocycles. The molecule has 1 aromatic heterocycles. The molecule has 0 bridgehead atoms. The summed E-state index contributed by atoms with van der Waals surface area (Å²) < 4.78 is 0. The van der Waals surface area contributed by atoms with Crippen molar-refractivity contribution in [3.8, 4) is 0 Å². The zero-order chi connectivity index (χ0) is 10.3. The van der Waals surface area contributed by atoms with E-state index in [0.717, 1.165) is 10.8 Å². The highest BCUT2D eigenvalue weighted by molar-refractivity contribution is 7.42. The molecular formula is C13H9OP. The predicted octanol–water partition coefficient (Wildman–Crippen LogP) is 3.38. The van der Waals surface area contributed by atoms with Crippen LogP contribution in [0.25, 0.3) is 21.0 Å². The number of hydrogen-bond acceptors (Lipinski definition) is 1. The molecule has 0 saturated carbocycles. The maximum Gasteiger partial charge on any atom is 0.194 e. The molecule has 0 aliphatic rings. The highest BCUT2D eigenvalue weighted by Crippen LogP contribution is 2.28. The van der Waals surface area contributed by atoms with Crippen molar-refractivity contribution in [3.63, 3.8) is 0 Å². The second kappa shape index (κ2) is 3.22. The lowest BCUT2D eigenvalue weighted by Gasteiger charge is -2.00. The summed E-state index contributed by atoms with van der Waals surface area (Å²) in [6.07, 6.45) is 0. The third-order valence-corrected chi connectivity index (χ3v) is 4.02. The van der Waals surface area contributed by atoms with E-state index >= 15 is 0 Å². The Morgan fingerprint density at radius 2 is 1.20 bits per heavy atom. The van der Waals surface area contributed by atoms with E-state index in [2.05, 4.69) is 0 Å². The van der Waals surface area contributed by atoms with E-state index in [4.69, 9.17) is 0 Å². The van der Waals surface area contributed by atoms with Crippen LogP contribution in [-0.4, -0.2) is 0 Å². The fourth-order valence-electron chi connectivity index (χ4n) is 1.87. The van der Waals surface area contributed by atoms with Crippen LogP contribution in [0.15, 0.2) is 53.3 Å². The molecule has 0 saturated heterocycles. The largest absolute Gasteiger partial charge is 0.289 e. The highest BCUT2D eigenvalue weighted by Gasteiger charge is 2.02. The van der Waals surface area contributed by atoms with Crippen LogP contribution in [0.2, 0.25) is 0 Å². The zero-order valence-corrected chi connectivity index (χ0v) is 9.03. The van der Waals surface area contributed by atoms with Gasteiger partial charge in [-0.05, 0) is 0 Å². The average molecular weight is 212 g/mol. The minimum absolute atomic E-state index is 0.167. The Bertz CT molecular complexity index is 640. The van der Waals surface area contributed by atoms with E-state index in [1.807, 2.05) is 48.5 Å². The van der Waals surface area contributed by atoms with E-state index in [1.165, 1.54) is 10.2 Å². The maximum atomic E-state index is 12.1. The van der Waals surface area contributed by atoms with Crippen LogP contribution >= 0.6 is 8.19 Å². The molecule has 72 valence electrons. The molecule has 3 rings (SSSR count). The summed E-state index contributed by atoms with van der Waals surface area (Å²) in [5, 5.41) is 4.08. The van der Waals surface area contributed by atoms with Gasteiger partial charge in [-0.25, -0.2) is 0 Å². The third kappa shape index (κ3) is 1.28. The minimum atomic E-state index is 0.167. The summed E-state index contributed by atoms with van der Waals surface area (Å²) >= 11 is 0. The lowest BCUT2D eigenvalue weighted by atomic mass is 10.2. The van der Waals surface area contributed by atoms with Crippen LogP contribution < -0.4 is 5.43 Å². The summed E-state index contributed by atoms with van der Waals surface area (Å²) in [5.74, 6) is 0. The average Bonchev–Trinajstić information content (AvgIpc) is 2.30. The Balaban J connectivity index is 2.66. The Hall–Kier alpha value is -1.59. The first-order valence-corrected chi connectivity index (χ1v) is 5.86. The van der Waals surface area contributed by atoms with Gasteiger partial charge in [0.2, 0.25) is 0 Å². The van der Waals surface area contributed by atoms with Gasteiger partial charge >= 0.3 is 0 Å². The van der Waals surface area contributed by atoms with Crippen molar-refractivity contribution in [2.45, 2.75) is 0 Å². The number of fused-ring (bicyclic) bond motifs is 2. The minimum Gasteiger partial charge on any atom is -0.289 e. The van der Waals surface area contributed by atoms with Gasteiger partial charge in [0.1, 0.15) is 0 Å². The van der Waals surface area contributed by atoms with E-state index in [1.54, 1.807) is 0 Å². The summed E-state index contributed by atoms with van der Waals surface area (Å²) in [4.78, 5) is 12.1. The van der Waals surface area contributed by atoms with Gasteiger partial charge < -0.3 is 0 Å². The van der Waals surface area contributed by atoms with Gasteiger partial charge in [-0.3, -0.25) is 4.79 Å². The second-order valence-electron chi connectivity index (χ2n) is 3.55. The van der Waals surface area contributed by atoms with Crippen molar-refractivity contribution in [2.24, 2.45) is 0 Å². The van der Waals surface area contributed by atoms with Gasteiger partial charge in [0.15, 0.2) is 5.43 Å². The van der Waals surface area contributed by atoms with Gasteiger partial charge in [0.25, 0.3) is 0 Å². The highest BCUT2D eigenvalue weighted by atomic mass is 31.0. The monoisotopic (exact) mass is 212 g/mol. The van der Waals surface area contributed by atoms with Crippen LogP contribution in [0.5, 0.6) is 0 Å². The molecule has 0 aliphatic carbocycles. The van der Waals surface area contributed by atoms with Crippen LogP contribution in [0.1, 0.15) is 0 Å². The number of rotatable bonds is 0. The quantitative estimate of drug-likeness (QED) is 0.522. The molecule has 0 amide bonds. The zero-order valence-electron chi connectivity index (χ0n) is 8.03. The van der Waals surface area contributed by atoms with Gasteiger partial charge in [0.05, 0.1) is 0 Å². The molecular weight excluding hydrogens is 203 g/mol. The fourth-order valence-corrected chi connectivity index (χ4v) is 3.18. The molecule has 1 heterocycles. The Labute approximate surface area is 88.5 Å². The van der Waals surface area contributed by atoms with E-state index < -0.39 is 0 Å². The summed E-state index contributed by atoms with van der Waals surface area (Å²) in [5.41, 5.74) is 0.167. The molecule has 0 aliphatic heterocycles. The lowest BCUT2D eigenvalue weighted by molar-refractivity contribution is 1.75. The smallest absolute Gasteiger partial charge is 0.194 e. The molecule has 3 aromatic rings. The first kappa shape index (κ1) is 8.70. The molecule has 15 heavy (non-hydrogen) atoms. The predicted molar refractivity (Wildman–Crippen MR) is 67.2 cm³/mol. The summed E-state index contributed by atoms with van der Waals surface area (Å²) in [7, 11) is 0.609. The lowest BCUT2D eigenvalue weighted by Crippen LogP contribution is -1.99. The van der Waals surface area contributed by atoms with Crippen LogP contribution in [0.3, 0.4) is 0 Å². The standard InChI is InChI=1S/C13H9OP/c14-13-9-5-1-3-7-11(9)15-12-8-4-2-6-10(12)13/h1-8,15H. The molecule has 0 N–H and O–H groups in total. The maximum absolute atomic E-state index is 12.1. The molecule has 0 fully saturated rings. The van der Waals surface area contributed by atoms with Crippen molar-refractivity contribution < 1.29 is 0 Å². The molecule has 0 atom stereocenters. The Morgan fingerprint density at radius 1 is 0.733 bits per heavy atom.